The van der Waals surface area contributed by atoms with E-state index in [-0.39, 0.29) is 11.8 Å². The van der Waals surface area contributed by atoms with E-state index in [1.54, 1.807) is 18.1 Å². The summed E-state index contributed by atoms with van der Waals surface area (Å²) in [5, 5.41) is 3.66. The van der Waals surface area contributed by atoms with E-state index in [1.165, 1.54) is 0 Å². The number of para-hydroxylation sites is 1. The summed E-state index contributed by atoms with van der Waals surface area (Å²) in [7, 11) is 1.77. The van der Waals surface area contributed by atoms with Crippen LogP contribution in [0, 0.1) is 0 Å². The van der Waals surface area contributed by atoms with Gasteiger partial charge in [-0.1, -0.05) is 23.4 Å². The van der Waals surface area contributed by atoms with Crippen LogP contribution in [0.4, 0.5) is 11.6 Å². The topological polar surface area (TPSA) is 72.4 Å². The summed E-state index contributed by atoms with van der Waals surface area (Å²) in [6.45, 7) is 0. The highest BCUT2D eigenvalue weighted by Gasteiger charge is 2.27. The third-order valence-corrected chi connectivity index (χ3v) is 3.06. The number of aromatic nitrogens is 1. The lowest BCUT2D eigenvalue weighted by atomic mass is 10.0. The molecule has 0 unspecified atom stereocenters. The van der Waals surface area contributed by atoms with Crippen LogP contribution in [0.1, 0.15) is 5.56 Å². The first-order valence-electron chi connectivity index (χ1n) is 5.27. The first kappa shape index (κ1) is 9.89. The molecule has 5 nitrogen and oxygen atoms in total. The summed E-state index contributed by atoms with van der Waals surface area (Å²) in [6.07, 6.45) is 2.01. The number of hydrogen-bond donors (Lipinski definition) is 1. The Hall–Kier alpha value is -2.30. The van der Waals surface area contributed by atoms with Crippen LogP contribution in [0.5, 0.6) is 0 Å². The Balaban J connectivity index is 2.24. The molecule has 1 aliphatic heterocycles. The van der Waals surface area contributed by atoms with Crippen LogP contribution in [0.25, 0.3) is 11.1 Å². The standard InChI is InChI=1S/C12H11N3O2/c1-15-10(16)5-7-3-2-4-8(11(7)15)9-6-14-17-12(9)13/h2-4,6H,5,13H2,1H3. The van der Waals surface area contributed by atoms with Gasteiger partial charge < -0.3 is 15.2 Å². The summed E-state index contributed by atoms with van der Waals surface area (Å²) >= 11 is 0. The molecule has 3 rings (SSSR count). The smallest absolute Gasteiger partial charge is 0.231 e. The number of amides is 1. The molecule has 1 aliphatic rings. The Morgan fingerprint density at radius 1 is 1.41 bits per heavy atom. The quantitative estimate of drug-likeness (QED) is 0.803. The van der Waals surface area contributed by atoms with Gasteiger partial charge in [-0.3, -0.25) is 4.79 Å². The number of rotatable bonds is 1. The summed E-state index contributed by atoms with van der Waals surface area (Å²) in [6, 6.07) is 5.77. The molecule has 17 heavy (non-hydrogen) atoms. The van der Waals surface area contributed by atoms with Gasteiger partial charge in [0.05, 0.1) is 23.9 Å². The van der Waals surface area contributed by atoms with Gasteiger partial charge in [0.15, 0.2) is 0 Å². The maximum atomic E-state index is 11.7. The van der Waals surface area contributed by atoms with E-state index >= 15 is 0 Å². The molecule has 0 fully saturated rings. The molecule has 0 bridgehead atoms. The van der Waals surface area contributed by atoms with Crippen molar-refractivity contribution in [3.05, 3.63) is 30.0 Å². The zero-order valence-corrected chi connectivity index (χ0v) is 9.30. The van der Waals surface area contributed by atoms with Gasteiger partial charge in [-0.15, -0.1) is 0 Å². The molecule has 2 N–H and O–H groups in total. The molecule has 86 valence electrons. The molecule has 2 heterocycles. The SMILES string of the molecule is CN1C(=O)Cc2cccc(-c3cnoc3N)c21. The predicted octanol–water partition coefficient (Wildman–Crippen LogP) is 1.44. The molecule has 0 aliphatic carbocycles. The molecule has 0 radical (unpaired) electrons. The number of carbonyl (C=O) groups excluding carboxylic acids is 1. The van der Waals surface area contributed by atoms with Gasteiger partial charge in [0.2, 0.25) is 11.8 Å². The van der Waals surface area contributed by atoms with Crippen molar-refractivity contribution in [2.75, 3.05) is 17.7 Å². The second kappa shape index (κ2) is 3.35. The minimum absolute atomic E-state index is 0.0856. The van der Waals surface area contributed by atoms with E-state index in [0.717, 1.165) is 22.4 Å². The second-order valence-corrected chi connectivity index (χ2v) is 4.05. The van der Waals surface area contributed by atoms with Crippen LogP contribution >= 0.6 is 0 Å². The highest BCUT2D eigenvalue weighted by Crippen LogP contribution is 2.39. The highest BCUT2D eigenvalue weighted by molar-refractivity contribution is 6.05. The molecule has 0 spiro atoms. The van der Waals surface area contributed by atoms with Gasteiger partial charge in [0.25, 0.3) is 0 Å². The van der Waals surface area contributed by atoms with Gasteiger partial charge in [0.1, 0.15) is 0 Å². The minimum Gasteiger partial charge on any atom is -0.367 e. The number of benzene rings is 1. The summed E-state index contributed by atoms with van der Waals surface area (Å²) in [5.74, 6) is 0.355. The van der Waals surface area contributed by atoms with Crippen LogP contribution in [0.2, 0.25) is 0 Å². The van der Waals surface area contributed by atoms with E-state index < -0.39 is 0 Å². The van der Waals surface area contributed by atoms with Crippen molar-refractivity contribution in [2.24, 2.45) is 0 Å². The van der Waals surface area contributed by atoms with E-state index in [1.807, 2.05) is 18.2 Å². The fourth-order valence-corrected chi connectivity index (χ4v) is 2.20. The van der Waals surface area contributed by atoms with Crippen LogP contribution < -0.4 is 10.6 Å². The Bertz CT molecular complexity index is 604. The lowest BCUT2D eigenvalue weighted by Crippen LogP contribution is -2.21. The molecule has 2 aromatic rings. The van der Waals surface area contributed by atoms with Gasteiger partial charge in [-0.05, 0) is 5.56 Å². The predicted molar refractivity (Wildman–Crippen MR) is 63.5 cm³/mol. The van der Waals surface area contributed by atoms with Gasteiger partial charge in [-0.25, -0.2) is 0 Å². The van der Waals surface area contributed by atoms with Crippen molar-refractivity contribution in [3.63, 3.8) is 0 Å². The fourth-order valence-electron chi connectivity index (χ4n) is 2.20. The molecular formula is C12H11N3O2. The average Bonchev–Trinajstić information content (AvgIpc) is 2.85. The fraction of sp³-hybridized carbons (Fsp3) is 0.167. The largest absolute Gasteiger partial charge is 0.367 e. The highest BCUT2D eigenvalue weighted by atomic mass is 16.5. The summed E-state index contributed by atoms with van der Waals surface area (Å²) in [5.41, 5.74) is 9.23. The van der Waals surface area contributed by atoms with Gasteiger partial charge in [-0.2, -0.15) is 0 Å². The first-order chi connectivity index (χ1) is 8.18. The molecule has 1 aromatic heterocycles. The Morgan fingerprint density at radius 2 is 2.24 bits per heavy atom. The van der Waals surface area contributed by atoms with Gasteiger partial charge >= 0.3 is 0 Å². The number of likely N-dealkylation sites (N-methyl/N-ethyl adjacent to an activating group) is 1. The number of nitrogens with two attached hydrogens (primary N) is 1. The zero-order valence-electron chi connectivity index (χ0n) is 9.30. The molecule has 5 heteroatoms. The molecular weight excluding hydrogens is 218 g/mol. The normalized spacial score (nSPS) is 14.2. The van der Waals surface area contributed by atoms with Crippen molar-refractivity contribution < 1.29 is 9.32 Å². The summed E-state index contributed by atoms with van der Waals surface area (Å²) < 4.78 is 4.87. The van der Waals surface area contributed by atoms with Gasteiger partial charge in [0, 0.05) is 12.6 Å². The van der Waals surface area contributed by atoms with Crippen LogP contribution in [-0.2, 0) is 11.2 Å². The molecule has 0 saturated heterocycles. The number of nitrogen functional groups attached to an aromatic ring is 1. The van der Waals surface area contributed by atoms with Crippen molar-refractivity contribution in [2.45, 2.75) is 6.42 Å². The number of nitrogens with zero attached hydrogens (tertiary/aromatic N) is 2. The Labute approximate surface area is 97.8 Å². The second-order valence-electron chi connectivity index (χ2n) is 4.05. The number of fused-ring (bicyclic) bond motifs is 1. The Kier molecular flexibility index (Phi) is 1.95. The zero-order chi connectivity index (χ0) is 12.0. The minimum atomic E-state index is 0.0856. The number of hydrogen-bond acceptors (Lipinski definition) is 4. The lowest BCUT2D eigenvalue weighted by molar-refractivity contribution is -0.117. The van der Waals surface area contributed by atoms with E-state index in [2.05, 4.69) is 5.16 Å². The maximum Gasteiger partial charge on any atom is 0.231 e. The average molecular weight is 229 g/mol. The third kappa shape index (κ3) is 1.32. The van der Waals surface area contributed by atoms with E-state index in [0.29, 0.717) is 6.42 Å². The maximum absolute atomic E-state index is 11.7. The Morgan fingerprint density at radius 3 is 2.94 bits per heavy atom. The molecule has 0 saturated carbocycles. The van der Waals surface area contributed by atoms with E-state index in [9.17, 15) is 4.79 Å². The van der Waals surface area contributed by atoms with E-state index in [4.69, 9.17) is 10.3 Å². The van der Waals surface area contributed by atoms with Crippen LogP contribution in [0.3, 0.4) is 0 Å². The monoisotopic (exact) mass is 229 g/mol. The van der Waals surface area contributed by atoms with Crippen LogP contribution in [0.15, 0.2) is 28.9 Å². The molecule has 1 amide bonds. The first-order valence-corrected chi connectivity index (χ1v) is 5.27. The van der Waals surface area contributed by atoms with Crippen molar-refractivity contribution >= 4 is 17.5 Å². The molecule has 1 aromatic carbocycles. The van der Waals surface area contributed by atoms with Crippen molar-refractivity contribution in [1.82, 2.24) is 5.16 Å². The summed E-state index contributed by atoms with van der Waals surface area (Å²) in [4.78, 5) is 13.3. The lowest BCUT2D eigenvalue weighted by Gasteiger charge is -2.14. The number of anilines is 2. The third-order valence-electron chi connectivity index (χ3n) is 3.06. The van der Waals surface area contributed by atoms with Crippen molar-refractivity contribution in [3.8, 4) is 11.1 Å². The molecule has 0 atom stereocenters. The number of carbonyl (C=O) groups is 1. The van der Waals surface area contributed by atoms with Crippen molar-refractivity contribution in [1.29, 1.82) is 0 Å². The van der Waals surface area contributed by atoms with Crippen LogP contribution in [-0.4, -0.2) is 18.1 Å².